The number of methoxy groups -OCH3 is 3. The van der Waals surface area contributed by atoms with Crippen molar-refractivity contribution in [3.63, 3.8) is 0 Å². The largest absolute Gasteiger partial charge is 0.497 e. The lowest BCUT2D eigenvalue weighted by Crippen LogP contribution is -2.50. The maximum Gasteiger partial charge on any atom is 0.261 e. The van der Waals surface area contributed by atoms with Gasteiger partial charge in [-0.1, -0.05) is 36.4 Å². The van der Waals surface area contributed by atoms with Gasteiger partial charge in [-0.2, -0.15) is 0 Å². The molecule has 0 N–H and O–H groups in total. The molecule has 0 bridgehead atoms. The van der Waals surface area contributed by atoms with Gasteiger partial charge in [-0.05, 0) is 49.4 Å². The lowest BCUT2D eigenvalue weighted by molar-refractivity contribution is 0.0531. The fourth-order valence-electron chi connectivity index (χ4n) is 5.23. The number of hydrogen-bond donors (Lipinski definition) is 0. The predicted molar refractivity (Wildman–Crippen MR) is 154 cm³/mol. The molecule has 206 valence electrons. The number of amides is 2. The van der Waals surface area contributed by atoms with Gasteiger partial charge >= 0.3 is 0 Å². The Hall–Kier alpha value is -4.72. The fourth-order valence-corrected chi connectivity index (χ4v) is 5.23. The molecule has 2 heterocycles. The lowest BCUT2D eigenvalue weighted by atomic mass is 10.1. The maximum atomic E-state index is 13.9. The molecule has 40 heavy (non-hydrogen) atoms. The van der Waals surface area contributed by atoms with E-state index in [2.05, 4.69) is 4.57 Å². The third-order valence-corrected chi connectivity index (χ3v) is 7.35. The molecule has 4 aromatic rings. The minimum Gasteiger partial charge on any atom is -0.497 e. The number of para-hydroxylation sites is 1. The summed E-state index contributed by atoms with van der Waals surface area (Å²) in [6, 6.07) is 25.1. The first kappa shape index (κ1) is 26.9. The average molecular weight is 540 g/mol. The van der Waals surface area contributed by atoms with Crippen molar-refractivity contribution in [1.29, 1.82) is 0 Å². The van der Waals surface area contributed by atoms with Crippen LogP contribution in [0.3, 0.4) is 0 Å². The van der Waals surface area contributed by atoms with Crippen LogP contribution in [0.1, 0.15) is 26.4 Å². The van der Waals surface area contributed by atoms with Gasteiger partial charge in [0, 0.05) is 43.1 Å². The minimum absolute atomic E-state index is 0.0571. The number of rotatable bonds is 7. The highest BCUT2D eigenvalue weighted by atomic mass is 16.5. The molecule has 8 nitrogen and oxygen atoms in total. The van der Waals surface area contributed by atoms with Gasteiger partial charge in [0.05, 0.1) is 32.6 Å². The van der Waals surface area contributed by atoms with Crippen molar-refractivity contribution in [1.82, 2.24) is 14.4 Å². The normalized spacial score (nSPS) is 13.2. The van der Waals surface area contributed by atoms with Gasteiger partial charge in [0.25, 0.3) is 11.8 Å². The Labute approximate surface area is 234 Å². The Kier molecular flexibility index (Phi) is 7.77. The number of hydrogen-bond acceptors (Lipinski definition) is 5. The van der Waals surface area contributed by atoms with Crippen molar-refractivity contribution in [2.24, 2.45) is 0 Å². The highest BCUT2D eigenvalue weighted by molar-refractivity contribution is 6.00. The van der Waals surface area contributed by atoms with E-state index in [4.69, 9.17) is 14.2 Å². The van der Waals surface area contributed by atoms with Crippen molar-refractivity contribution in [3.05, 3.63) is 95.7 Å². The van der Waals surface area contributed by atoms with Crippen molar-refractivity contribution in [2.45, 2.75) is 6.92 Å². The Bertz CT molecular complexity index is 1500. The molecule has 3 aromatic carbocycles. The maximum absolute atomic E-state index is 13.9. The highest BCUT2D eigenvalue weighted by Gasteiger charge is 2.30. The monoisotopic (exact) mass is 539 g/mol. The van der Waals surface area contributed by atoms with Gasteiger partial charge in [0.15, 0.2) is 0 Å². The quantitative estimate of drug-likeness (QED) is 0.328. The van der Waals surface area contributed by atoms with Gasteiger partial charge in [0.2, 0.25) is 0 Å². The van der Waals surface area contributed by atoms with Crippen LogP contribution in [0.2, 0.25) is 0 Å². The van der Waals surface area contributed by atoms with Crippen LogP contribution in [-0.2, 0) is 0 Å². The molecule has 0 radical (unpaired) electrons. The van der Waals surface area contributed by atoms with Crippen molar-refractivity contribution in [2.75, 3.05) is 47.5 Å². The van der Waals surface area contributed by atoms with E-state index >= 15 is 0 Å². The molecule has 8 heteroatoms. The Morgan fingerprint density at radius 1 is 0.675 bits per heavy atom. The van der Waals surface area contributed by atoms with Gasteiger partial charge in [-0.3, -0.25) is 9.59 Å². The first-order chi connectivity index (χ1) is 19.5. The first-order valence-electron chi connectivity index (χ1n) is 13.2. The van der Waals surface area contributed by atoms with E-state index in [-0.39, 0.29) is 11.8 Å². The van der Waals surface area contributed by atoms with Crippen LogP contribution in [0.4, 0.5) is 0 Å². The zero-order valence-corrected chi connectivity index (χ0v) is 23.2. The molecule has 0 aliphatic carbocycles. The molecule has 1 aromatic heterocycles. The molecule has 0 atom stereocenters. The van der Waals surface area contributed by atoms with Crippen LogP contribution in [0.25, 0.3) is 16.9 Å². The van der Waals surface area contributed by atoms with Gasteiger partial charge in [-0.15, -0.1) is 0 Å². The summed E-state index contributed by atoms with van der Waals surface area (Å²) in [6.07, 6.45) is 0. The number of ether oxygens (including phenoxy) is 3. The van der Waals surface area contributed by atoms with Crippen LogP contribution < -0.4 is 14.2 Å². The molecule has 1 saturated heterocycles. The van der Waals surface area contributed by atoms with Crippen LogP contribution in [-0.4, -0.2) is 73.7 Å². The summed E-state index contributed by atoms with van der Waals surface area (Å²) in [6.45, 7) is 3.64. The van der Waals surface area contributed by atoms with E-state index in [9.17, 15) is 9.59 Å². The zero-order chi connectivity index (χ0) is 28.2. The zero-order valence-electron chi connectivity index (χ0n) is 23.2. The van der Waals surface area contributed by atoms with Crippen LogP contribution in [0.15, 0.2) is 78.9 Å². The molecular formula is C32H33N3O5. The Morgan fingerprint density at radius 2 is 1.27 bits per heavy atom. The number of carbonyl (C=O) groups excluding carboxylic acids is 2. The summed E-state index contributed by atoms with van der Waals surface area (Å²) in [5, 5.41) is 0. The Balaban J connectivity index is 1.41. The lowest BCUT2D eigenvalue weighted by Gasteiger charge is -2.35. The van der Waals surface area contributed by atoms with Gasteiger partial charge in [0.1, 0.15) is 22.8 Å². The van der Waals surface area contributed by atoms with Crippen molar-refractivity contribution in [3.8, 4) is 34.2 Å². The van der Waals surface area contributed by atoms with E-state index in [0.29, 0.717) is 48.8 Å². The van der Waals surface area contributed by atoms with E-state index in [1.807, 2.05) is 72.5 Å². The second kappa shape index (κ2) is 11.6. The molecule has 1 aliphatic rings. The topological polar surface area (TPSA) is 73.2 Å². The second-order valence-electron chi connectivity index (χ2n) is 9.55. The molecule has 5 rings (SSSR count). The summed E-state index contributed by atoms with van der Waals surface area (Å²) in [5.41, 5.74) is 4.71. The van der Waals surface area contributed by atoms with Crippen LogP contribution in [0, 0.1) is 6.92 Å². The molecule has 0 unspecified atom stereocenters. The predicted octanol–water partition coefficient (Wildman–Crippen LogP) is 5.08. The minimum atomic E-state index is -0.173. The third kappa shape index (κ3) is 5.00. The molecule has 0 saturated carbocycles. The van der Waals surface area contributed by atoms with E-state index in [1.165, 1.54) is 14.2 Å². The van der Waals surface area contributed by atoms with E-state index in [1.54, 1.807) is 30.2 Å². The molecular weight excluding hydrogens is 506 g/mol. The van der Waals surface area contributed by atoms with Crippen molar-refractivity contribution < 1.29 is 23.8 Å². The van der Waals surface area contributed by atoms with Gasteiger partial charge < -0.3 is 28.6 Å². The highest BCUT2D eigenvalue weighted by Crippen LogP contribution is 2.33. The summed E-state index contributed by atoms with van der Waals surface area (Å²) in [5.74, 6) is 1.44. The average Bonchev–Trinajstić information content (AvgIpc) is 3.37. The Morgan fingerprint density at radius 3 is 1.88 bits per heavy atom. The molecule has 1 aliphatic heterocycles. The standard InChI is InChI=1S/C32H33N3O5/c1-22-26(21-27(23-10-8-13-25(20-23)38-2)35(22)24-11-6-5-7-12-24)31(36)33-16-18-34(19-17-33)32(37)30-28(39-3)14-9-15-29(30)40-4/h5-15,20-21H,16-19H2,1-4H3. The SMILES string of the molecule is COc1cccc(-c2cc(C(=O)N3CCN(C(=O)c4c(OC)cccc4OC)CC3)c(C)n2-c2ccccc2)c1. The molecule has 1 fully saturated rings. The molecule has 0 spiro atoms. The van der Waals surface area contributed by atoms with E-state index in [0.717, 1.165) is 28.4 Å². The molecule has 2 amide bonds. The number of carbonyl (C=O) groups is 2. The summed E-state index contributed by atoms with van der Waals surface area (Å²) in [4.78, 5) is 30.8. The number of nitrogens with zero attached hydrogens (tertiary/aromatic N) is 3. The van der Waals surface area contributed by atoms with E-state index < -0.39 is 0 Å². The van der Waals surface area contributed by atoms with Crippen LogP contribution >= 0.6 is 0 Å². The number of aromatic nitrogens is 1. The van der Waals surface area contributed by atoms with Crippen molar-refractivity contribution >= 4 is 11.8 Å². The smallest absolute Gasteiger partial charge is 0.261 e. The van der Waals surface area contributed by atoms with Gasteiger partial charge in [-0.25, -0.2) is 0 Å². The summed E-state index contributed by atoms with van der Waals surface area (Å²) in [7, 11) is 4.71. The number of piperazine rings is 1. The second-order valence-corrected chi connectivity index (χ2v) is 9.55. The van der Waals surface area contributed by atoms with Crippen LogP contribution in [0.5, 0.6) is 17.2 Å². The summed E-state index contributed by atoms with van der Waals surface area (Å²) >= 11 is 0. The summed E-state index contributed by atoms with van der Waals surface area (Å²) < 4.78 is 18.4. The first-order valence-corrected chi connectivity index (χ1v) is 13.2. The third-order valence-electron chi connectivity index (χ3n) is 7.35. The fraction of sp³-hybridized carbons (Fsp3) is 0.250. The number of benzene rings is 3.